The Morgan fingerprint density at radius 1 is 0.348 bits per heavy atom. The predicted octanol–water partition coefficient (Wildman–Crippen LogP) is 10.2. The average Bonchev–Trinajstić information content (AvgIpc) is 3.42. The molecule has 4 heterocycles. The molecular formula is C59H47N7O3+4. The highest BCUT2D eigenvalue weighted by atomic mass is 16.6. The molecule has 332 valence electrons. The number of nitrogens with zero attached hydrogens (tertiary/aromatic N) is 4. The number of hydrogen-bond acceptors (Lipinski definition) is 4. The topological polar surface area (TPSA) is 95.0 Å². The summed E-state index contributed by atoms with van der Waals surface area (Å²) in [6.07, 6.45) is 16.2. The molecule has 6 aromatic carbocycles. The molecule has 0 aliphatic heterocycles. The molecular weight excluding hydrogens is 855 g/mol. The fourth-order valence-corrected chi connectivity index (χ4v) is 7.92. The molecule has 0 radical (unpaired) electrons. The first-order chi connectivity index (χ1) is 34.0. The summed E-state index contributed by atoms with van der Waals surface area (Å²) in [7, 11) is 0. The van der Waals surface area contributed by atoms with E-state index in [2.05, 4.69) is 99.8 Å². The molecule has 0 saturated carbocycles. The van der Waals surface area contributed by atoms with Crippen LogP contribution in [0, 0.1) is 0 Å². The minimum atomic E-state index is -0.182. The first-order valence-corrected chi connectivity index (χ1v) is 22.5. The van der Waals surface area contributed by atoms with Gasteiger partial charge in [0, 0.05) is 120 Å². The average molecular weight is 902 g/mol. The molecule has 0 fully saturated rings. The molecule has 0 aliphatic carbocycles. The van der Waals surface area contributed by atoms with Gasteiger partial charge in [0.25, 0.3) is 11.8 Å². The van der Waals surface area contributed by atoms with Crippen molar-refractivity contribution in [2.45, 2.75) is 6.61 Å². The van der Waals surface area contributed by atoms with Gasteiger partial charge in [-0.05, 0) is 82.4 Å². The number of para-hydroxylation sites is 2. The van der Waals surface area contributed by atoms with Gasteiger partial charge in [0.1, 0.15) is 0 Å². The van der Waals surface area contributed by atoms with Gasteiger partial charge in [-0.3, -0.25) is 19.9 Å². The van der Waals surface area contributed by atoms with Crippen molar-refractivity contribution in [3.63, 3.8) is 0 Å². The van der Waals surface area contributed by atoms with Crippen molar-refractivity contribution in [3.8, 4) is 45.0 Å². The van der Waals surface area contributed by atoms with E-state index >= 15 is 0 Å². The quantitative estimate of drug-likeness (QED) is 0.0749. The lowest BCUT2D eigenvalue weighted by Crippen LogP contribution is -2.30. The molecule has 10 heteroatoms. The van der Waals surface area contributed by atoms with Crippen LogP contribution in [0.15, 0.2) is 256 Å². The van der Waals surface area contributed by atoms with Crippen molar-refractivity contribution >= 4 is 28.9 Å². The van der Waals surface area contributed by atoms with Crippen LogP contribution in [0.1, 0.15) is 26.3 Å². The van der Waals surface area contributed by atoms with Gasteiger partial charge >= 0.3 is 0 Å². The third kappa shape index (κ3) is 10.7. The van der Waals surface area contributed by atoms with Crippen LogP contribution in [0.4, 0.5) is 17.1 Å². The van der Waals surface area contributed by atoms with Gasteiger partial charge in [0.2, 0.25) is 22.7 Å². The summed E-state index contributed by atoms with van der Waals surface area (Å²) < 4.78 is 8.15. The highest BCUT2D eigenvalue weighted by Gasteiger charge is 2.16. The van der Waals surface area contributed by atoms with Crippen molar-refractivity contribution in [2.75, 3.05) is 16.1 Å². The Kier molecular flexibility index (Phi) is 12.9. The Balaban J connectivity index is 0.711. The van der Waals surface area contributed by atoms with Crippen LogP contribution in [0.5, 0.6) is 0 Å². The van der Waals surface area contributed by atoms with Crippen molar-refractivity contribution in [2.24, 2.45) is 0 Å². The SMILES string of the molecule is O=C(Nc1ccc(-[n+]2ccc(-c3cc[n+](-c4cccc(C(=O)Nc5ccccc5)c4)cc3)cc2)cc1)c1ccc(-[n+]2ccc(-c3cc[n+](-c4cccc(CONc5ccccc5)c4)cc3)cc2)cc1. The number of pyridine rings is 4. The Labute approximate surface area is 400 Å². The zero-order valence-electron chi connectivity index (χ0n) is 37.5. The molecule has 69 heavy (non-hydrogen) atoms. The summed E-state index contributed by atoms with van der Waals surface area (Å²) in [5.74, 6) is -0.339. The van der Waals surface area contributed by atoms with Crippen molar-refractivity contribution in [1.82, 2.24) is 0 Å². The molecule has 0 aliphatic rings. The van der Waals surface area contributed by atoms with E-state index in [0.717, 1.165) is 61.9 Å². The molecule has 10 aromatic rings. The zero-order valence-corrected chi connectivity index (χ0v) is 37.5. The molecule has 0 atom stereocenters. The second-order valence-electron chi connectivity index (χ2n) is 16.3. The number of rotatable bonds is 14. The van der Waals surface area contributed by atoms with E-state index in [9.17, 15) is 9.59 Å². The number of anilines is 3. The summed E-state index contributed by atoms with van der Waals surface area (Å²) in [5.41, 5.74) is 15.8. The van der Waals surface area contributed by atoms with E-state index < -0.39 is 0 Å². The number of benzene rings is 6. The van der Waals surface area contributed by atoms with Crippen LogP contribution in [-0.2, 0) is 11.4 Å². The third-order valence-electron chi connectivity index (χ3n) is 11.7. The van der Waals surface area contributed by atoms with E-state index in [1.165, 1.54) is 0 Å². The number of hydrogen-bond donors (Lipinski definition) is 3. The van der Waals surface area contributed by atoms with Gasteiger partial charge in [0.15, 0.2) is 49.6 Å². The first-order valence-electron chi connectivity index (χ1n) is 22.5. The number of nitrogens with one attached hydrogen (secondary N) is 3. The summed E-state index contributed by atoms with van der Waals surface area (Å²) >= 11 is 0. The van der Waals surface area contributed by atoms with Gasteiger partial charge in [0.05, 0.1) is 12.3 Å². The first kappa shape index (κ1) is 43.5. The molecule has 10 nitrogen and oxygen atoms in total. The Morgan fingerprint density at radius 2 is 0.754 bits per heavy atom. The molecule has 0 bridgehead atoms. The third-order valence-corrected chi connectivity index (χ3v) is 11.7. The maximum Gasteiger partial charge on any atom is 0.255 e. The summed E-state index contributed by atoms with van der Waals surface area (Å²) in [4.78, 5) is 31.9. The lowest BCUT2D eigenvalue weighted by Gasteiger charge is -2.07. The Hall–Kier alpha value is -9.38. The highest BCUT2D eigenvalue weighted by molar-refractivity contribution is 6.05. The van der Waals surface area contributed by atoms with E-state index in [1.807, 2.05) is 190 Å². The summed E-state index contributed by atoms with van der Waals surface area (Å²) in [6.45, 7) is 0.437. The van der Waals surface area contributed by atoms with Gasteiger partial charge in [-0.1, -0.05) is 54.6 Å². The molecule has 4 aromatic heterocycles. The lowest BCUT2D eigenvalue weighted by molar-refractivity contribution is -0.596. The molecule has 0 saturated heterocycles. The minimum absolute atomic E-state index is 0.157. The van der Waals surface area contributed by atoms with E-state index in [1.54, 1.807) is 0 Å². The Bertz CT molecular complexity index is 3330. The van der Waals surface area contributed by atoms with Gasteiger partial charge in [-0.15, -0.1) is 0 Å². The number of aromatic nitrogens is 4. The molecule has 0 unspecified atom stereocenters. The van der Waals surface area contributed by atoms with Crippen molar-refractivity contribution in [1.29, 1.82) is 0 Å². The number of amides is 2. The van der Waals surface area contributed by atoms with Crippen LogP contribution >= 0.6 is 0 Å². The van der Waals surface area contributed by atoms with Crippen molar-refractivity contribution < 1.29 is 32.7 Å². The van der Waals surface area contributed by atoms with Crippen LogP contribution in [0.2, 0.25) is 0 Å². The number of carbonyl (C=O) groups excluding carboxylic acids is 2. The predicted molar refractivity (Wildman–Crippen MR) is 267 cm³/mol. The number of carbonyl (C=O) groups is 2. The molecule has 3 N–H and O–H groups in total. The van der Waals surface area contributed by atoms with Crippen LogP contribution in [-0.4, -0.2) is 11.8 Å². The van der Waals surface area contributed by atoms with Crippen molar-refractivity contribution in [3.05, 3.63) is 273 Å². The lowest BCUT2D eigenvalue weighted by atomic mass is 10.1. The Morgan fingerprint density at radius 3 is 1.26 bits per heavy atom. The van der Waals surface area contributed by atoms with E-state index in [0.29, 0.717) is 23.4 Å². The fourth-order valence-electron chi connectivity index (χ4n) is 7.92. The maximum absolute atomic E-state index is 13.3. The van der Waals surface area contributed by atoms with Gasteiger partial charge in [-0.25, -0.2) is 0 Å². The highest BCUT2D eigenvalue weighted by Crippen LogP contribution is 2.20. The van der Waals surface area contributed by atoms with Crippen LogP contribution < -0.4 is 34.4 Å². The van der Waals surface area contributed by atoms with Crippen LogP contribution in [0.3, 0.4) is 0 Å². The molecule has 10 rings (SSSR count). The monoisotopic (exact) mass is 901 g/mol. The normalized spacial score (nSPS) is 10.8. The van der Waals surface area contributed by atoms with E-state index in [4.69, 9.17) is 4.84 Å². The standard InChI is InChI=1S/C59H45N7O3/c67-58(49-17-21-54(22-18-49)63-33-25-45(26-34-63)47-29-37-65(38-30-47)56-15-7-9-44(41-56)43-69-62-53-13-5-2-6-14-53)61-52-19-23-55(24-20-52)64-35-27-46(28-36-64)48-31-39-66(40-32-48)57-16-8-10-50(42-57)59(68)60-51-11-3-1-4-12-51/h1-42,62H,43H2/q+2/p+2. The second-order valence-corrected chi connectivity index (χ2v) is 16.3. The van der Waals surface area contributed by atoms with Gasteiger partial charge < -0.3 is 10.6 Å². The fraction of sp³-hybridized carbons (Fsp3) is 0.0169. The van der Waals surface area contributed by atoms with Crippen LogP contribution in [0.25, 0.3) is 45.0 Å². The minimum Gasteiger partial charge on any atom is -0.322 e. The van der Waals surface area contributed by atoms with Gasteiger partial charge in [-0.2, -0.15) is 18.3 Å². The maximum atomic E-state index is 13.3. The summed E-state index contributed by atoms with van der Waals surface area (Å²) in [5, 5.41) is 5.98. The zero-order chi connectivity index (χ0) is 46.8. The molecule has 2 amide bonds. The van der Waals surface area contributed by atoms with E-state index in [-0.39, 0.29) is 11.8 Å². The summed E-state index contributed by atoms with van der Waals surface area (Å²) in [6, 6.07) is 67.1. The largest absolute Gasteiger partial charge is 0.322 e. The molecule has 0 spiro atoms. The smallest absolute Gasteiger partial charge is 0.255 e. The second kappa shape index (κ2) is 20.4.